The number of aromatic nitrogens is 4. The Hall–Kier alpha value is -4.03. The van der Waals surface area contributed by atoms with Crippen molar-refractivity contribution in [2.75, 3.05) is 26.0 Å². The van der Waals surface area contributed by atoms with Gasteiger partial charge in [0.2, 0.25) is 0 Å². The standard InChI is InChI=1S/C28H28N6/c1-20-5-4-6-22(15-20)27-17-24(9-11-29-27)32-26-10-12-30-28-16-21(7-8-25(26)28)23-18-31-34(19-23)14-13-33(2)3/h4-12,15-19H,13-14H2,1-3H3,(H,29,30,32). The molecule has 5 aromatic rings. The topological polar surface area (TPSA) is 58.9 Å². The molecule has 3 heterocycles. The fourth-order valence-electron chi connectivity index (χ4n) is 4.00. The van der Waals surface area contributed by atoms with Crippen LogP contribution in [0.3, 0.4) is 0 Å². The zero-order chi connectivity index (χ0) is 23.5. The van der Waals surface area contributed by atoms with Gasteiger partial charge in [0, 0.05) is 53.0 Å². The molecule has 6 nitrogen and oxygen atoms in total. The molecule has 0 fully saturated rings. The van der Waals surface area contributed by atoms with E-state index in [4.69, 9.17) is 0 Å². The number of pyridine rings is 2. The maximum atomic E-state index is 4.62. The van der Waals surface area contributed by atoms with E-state index in [1.54, 1.807) is 0 Å². The number of rotatable bonds is 7. The Morgan fingerprint density at radius 2 is 1.76 bits per heavy atom. The van der Waals surface area contributed by atoms with Crippen LogP contribution in [0.2, 0.25) is 0 Å². The van der Waals surface area contributed by atoms with Crippen LogP contribution in [-0.4, -0.2) is 45.3 Å². The van der Waals surface area contributed by atoms with Gasteiger partial charge in [-0.1, -0.05) is 35.9 Å². The number of likely N-dealkylation sites (N-methyl/N-ethyl adjacent to an activating group) is 1. The normalized spacial score (nSPS) is 11.3. The summed E-state index contributed by atoms with van der Waals surface area (Å²) in [7, 11) is 4.14. The molecule has 1 N–H and O–H groups in total. The fraction of sp³-hybridized carbons (Fsp3) is 0.179. The van der Waals surface area contributed by atoms with Crippen molar-refractivity contribution < 1.29 is 0 Å². The summed E-state index contributed by atoms with van der Waals surface area (Å²) < 4.78 is 1.99. The van der Waals surface area contributed by atoms with Crippen molar-refractivity contribution in [3.05, 3.63) is 91.0 Å². The van der Waals surface area contributed by atoms with Crippen LogP contribution >= 0.6 is 0 Å². The zero-order valence-corrected chi connectivity index (χ0v) is 19.7. The number of hydrogen-bond donors (Lipinski definition) is 1. The first-order valence-corrected chi connectivity index (χ1v) is 11.4. The molecule has 0 atom stereocenters. The van der Waals surface area contributed by atoms with Crippen molar-refractivity contribution in [2.24, 2.45) is 0 Å². The second kappa shape index (κ2) is 9.45. The van der Waals surface area contributed by atoms with E-state index in [0.717, 1.165) is 57.8 Å². The summed E-state index contributed by atoms with van der Waals surface area (Å²) in [6.45, 7) is 3.91. The van der Waals surface area contributed by atoms with E-state index in [0.29, 0.717) is 0 Å². The molecule has 0 aliphatic rings. The maximum Gasteiger partial charge on any atom is 0.0729 e. The Morgan fingerprint density at radius 1 is 0.882 bits per heavy atom. The van der Waals surface area contributed by atoms with Crippen molar-refractivity contribution in [3.63, 3.8) is 0 Å². The van der Waals surface area contributed by atoms with Crippen LogP contribution in [0.25, 0.3) is 33.3 Å². The maximum absolute atomic E-state index is 4.62. The monoisotopic (exact) mass is 448 g/mol. The van der Waals surface area contributed by atoms with Gasteiger partial charge in [-0.2, -0.15) is 5.10 Å². The number of anilines is 2. The van der Waals surface area contributed by atoms with E-state index in [9.17, 15) is 0 Å². The van der Waals surface area contributed by atoms with Gasteiger partial charge in [0.1, 0.15) is 0 Å². The summed E-state index contributed by atoms with van der Waals surface area (Å²) in [6.07, 6.45) is 7.70. The van der Waals surface area contributed by atoms with Gasteiger partial charge in [0.15, 0.2) is 0 Å². The molecule has 3 aromatic heterocycles. The van der Waals surface area contributed by atoms with E-state index in [1.807, 2.05) is 35.4 Å². The highest BCUT2D eigenvalue weighted by Gasteiger charge is 2.08. The summed E-state index contributed by atoms with van der Waals surface area (Å²) >= 11 is 0. The third-order valence-corrected chi connectivity index (χ3v) is 5.84. The highest BCUT2D eigenvalue weighted by Crippen LogP contribution is 2.30. The Bertz CT molecular complexity index is 1440. The van der Waals surface area contributed by atoms with Crippen LogP contribution in [0.4, 0.5) is 11.4 Å². The molecule has 0 unspecified atom stereocenters. The van der Waals surface area contributed by atoms with Crippen LogP contribution in [0.5, 0.6) is 0 Å². The molecule has 0 aliphatic carbocycles. The Balaban J connectivity index is 1.41. The van der Waals surface area contributed by atoms with Gasteiger partial charge >= 0.3 is 0 Å². The van der Waals surface area contributed by atoms with Crippen LogP contribution in [0.1, 0.15) is 5.56 Å². The molecule has 2 aromatic carbocycles. The second-order valence-corrected chi connectivity index (χ2v) is 8.81. The Labute approximate surface area is 199 Å². The second-order valence-electron chi connectivity index (χ2n) is 8.81. The average molecular weight is 449 g/mol. The molecule has 0 aliphatic heterocycles. The van der Waals surface area contributed by atoms with E-state index in [1.165, 1.54) is 5.56 Å². The Kier molecular flexibility index (Phi) is 6.06. The predicted molar refractivity (Wildman–Crippen MR) is 139 cm³/mol. The number of aryl methyl sites for hydroxylation is 1. The van der Waals surface area contributed by atoms with Gasteiger partial charge in [0.05, 0.1) is 24.0 Å². The number of fused-ring (bicyclic) bond motifs is 1. The quantitative estimate of drug-likeness (QED) is 0.342. The molecule has 0 amide bonds. The molecular formula is C28H28N6. The first kappa shape index (κ1) is 21.8. The van der Waals surface area contributed by atoms with Gasteiger partial charge in [-0.3, -0.25) is 14.6 Å². The minimum Gasteiger partial charge on any atom is -0.355 e. The third-order valence-electron chi connectivity index (χ3n) is 5.84. The van der Waals surface area contributed by atoms with Crippen molar-refractivity contribution in [1.82, 2.24) is 24.6 Å². The molecule has 0 bridgehead atoms. The lowest BCUT2D eigenvalue weighted by Gasteiger charge is -2.11. The average Bonchev–Trinajstić information content (AvgIpc) is 3.32. The lowest BCUT2D eigenvalue weighted by molar-refractivity contribution is 0.373. The molecule has 0 spiro atoms. The van der Waals surface area contributed by atoms with Crippen molar-refractivity contribution in [3.8, 4) is 22.4 Å². The SMILES string of the molecule is Cc1cccc(-c2cc(Nc3ccnc4cc(-c5cnn(CCN(C)C)c5)ccc34)ccn2)c1. The summed E-state index contributed by atoms with van der Waals surface area (Å²) in [5.74, 6) is 0. The van der Waals surface area contributed by atoms with Crippen LogP contribution in [0, 0.1) is 6.92 Å². The molecule has 0 radical (unpaired) electrons. The highest BCUT2D eigenvalue weighted by molar-refractivity contribution is 5.95. The number of nitrogens with zero attached hydrogens (tertiary/aromatic N) is 5. The van der Waals surface area contributed by atoms with Crippen molar-refractivity contribution >= 4 is 22.3 Å². The smallest absolute Gasteiger partial charge is 0.0729 e. The molecular weight excluding hydrogens is 420 g/mol. The zero-order valence-electron chi connectivity index (χ0n) is 19.7. The number of nitrogens with one attached hydrogen (secondary N) is 1. The summed E-state index contributed by atoms with van der Waals surface area (Å²) in [5.41, 5.74) is 8.43. The van der Waals surface area contributed by atoms with Crippen LogP contribution in [-0.2, 0) is 6.54 Å². The number of benzene rings is 2. The van der Waals surface area contributed by atoms with Gasteiger partial charge in [-0.05, 0) is 56.9 Å². The van der Waals surface area contributed by atoms with E-state index in [-0.39, 0.29) is 0 Å². The Morgan fingerprint density at radius 3 is 2.62 bits per heavy atom. The molecule has 0 saturated heterocycles. The van der Waals surface area contributed by atoms with Gasteiger partial charge in [-0.25, -0.2) is 0 Å². The first-order chi connectivity index (χ1) is 16.5. The minimum atomic E-state index is 0.864. The lowest BCUT2D eigenvalue weighted by atomic mass is 10.1. The summed E-state index contributed by atoms with van der Waals surface area (Å²) in [6, 6.07) is 20.9. The van der Waals surface area contributed by atoms with E-state index < -0.39 is 0 Å². The van der Waals surface area contributed by atoms with E-state index in [2.05, 4.69) is 101 Å². The van der Waals surface area contributed by atoms with Crippen molar-refractivity contribution in [2.45, 2.75) is 13.5 Å². The van der Waals surface area contributed by atoms with Gasteiger partial charge < -0.3 is 10.2 Å². The molecule has 5 rings (SSSR count). The molecule has 170 valence electrons. The largest absolute Gasteiger partial charge is 0.355 e. The van der Waals surface area contributed by atoms with Gasteiger partial charge in [0.25, 0.3) is 0 Å². The summed E-state index contributed by atoms with van der Waals surface area (Å²) in [5, 5.41) is 9.14. The molecule has 0 saturated carbocycles. The lowest BCUT2D eigenvalue weighted by Crippen LogP contribution is -2.18. The minimum absolute atomic E-state index is 0.864. The van der Waals surface area contributed by atoms with E-state index >= 15 is 0 Å². The fourth-order valence-corrected chi connectivity index (χ4v) is 4.00. The predicted octanol–water partition coefficient (Wildman–Crippen LogP) is 5.77. The van der Waals surface area contributed by atoms with Crippen LogP contribution in [0.15, 0.2) is 85.5 Å². The molecule has 6 heteroatoms. The van der Waals surface area contributed by atoms with Crippen molar-refractivity contribution in [1.29, 1.82) is 0 Å². The highest BCUT2D eigenvalue weighted by atomic mass is 15.3. The number of hydrogen-bond acceptors (Lipinski definition) is 5. The van der Waals surface area contributed by atoms with Crippen LogP contribution < -0.4 is 5.32 Å². The first-order valence-electron chi connectivity index (χ1n) is 11.4. The van der Waals surface area contributed by atoms with Gasteiger partial charge in [-0.15, -0.1) is 0 Å². The summed E-state index contributed by atoms with van der Waals surface area (Å²) in [4.78, 5) is 11.3. The molecule has 34 heavy (non-hydrogen) atoms. The third kappa shape index (κ3) is 4.82.